The molecular weight excluding hydrogens is 405 g/mol. The summed E-state index contributed by atoms with van der Waals surface area (Å²) in [5.41, 5.74) is 0. The Kier molecular flexibility index (Phi) is 5.98. The number of amides is 2. The van der Waals surface area contributed by atoms with E-state index in [1.807, 2.05) is 25.4 Å². The second-order valence-electron chi connectivity index (χ2n) is 4.44. The number of carbonyl (C=O) groups excluding carboxylic acids is 1. The van der Waals surface area contributed by atoms with Crippen molar-refractivity contribution < 1.29 is 9.53 Å². The van der Waals surface area contributed by atoms with Gasteiger partial charge in [-0.1, -0.05) is 11.6 Å². The number of fused-ring (bicyclic) bond motifs is 1. The van der Waals surface area contributed by atoms with Crippen LogP contribution < -0.4 is 15.4 Å². The summed E-state index contributed by atoms with van der Waals surface area (Å²) in [4.78, 5) is 14.3. The average molecular weight is 422 g/mol. The summed E-state index contributed by atoms with van der Waals surface area (Å²) in [6.07, 6.45) is 4.50. The highest BCUT2D eigenvalue weighted by molar-refractivity contribution is 14.1. The van der Waals surface area contributed by atoms with Gasteiger partial charge in [-0.05, 0) is 42.0 Å². The number of nitrogens with one attached hydrogen (secondary N) is 3. The molecule has 2 rings (SSSR count). The molecule has 0 radical (unpaired) electrons. The second-order valence-corrected chi connectivity index (χ2v) is 5.98. The summed E-state index contributed by atoms with van der Waals surface area (Å²) < 4.78 is 6.80. The maximum absolute atomic E-state index is 11.2. The molecule has 1 aromatic heterocycles. The molecule has 3 N–H and O–H groups in total. The van der Waals surface area contributed by atoms with Crippen LogP contribution in [0.25, 0.3) is 10.8 Å². The van der Waals surface area contributed by atoms with Crippen LogP contribution in [0, 0.1) is 3.57 Å². The molecule has 1 heterocycles. The fraction of sp³-hybridized carbons (Fsp3) is 0.357. The zero-order valence-electron chi connectivity index (χ0n) is 11.6. The van der Waals surface area contributed by atoms with E-state index < -0.39 is 0 Å². The Bertz CT molecular complexity index is 630. The number of halogens is 2. The van der Waals surface area contributed by atoms with E-state index in [9.17, 15) is 4.79 Å². The standard InChI is InChI=1S/C14H17ClIN3O2/c1-2-18-14(20)19-4-3-5-21-12-6-11(16)9-7-17-8-10(9)13(12)15/h6-8,17H,2-5H2,1H3,(H2,18,19,20). The predicted octanol–water partition coefficient (Wildman–Crippen LogP) is 3.51. The molecule has 0 atom stereocenters. The normalized spacial score (nSPS) is 10.6. The Morgan fingerprint density at radius 1 is 1.38 bits per heavy atom. The first kappa shape index (κ1) is 16.2. The van der Waals surface area contributed by atoms with Crippen molar-refractivity contribution >= 4 is 51.0 Å². The number of hydrogen-bond acceptors (Lipinski definition) is 2. The van der Waals surface area contributed by atoms with Crippen LogP contribution in [-0.4, -0.2) is 30.7 Å². The molecule has 21 heavy (non-hydrogen) atoms. The summed E-state index contributed by atoms with van der Waals surface area (Å²) in [7, 11) is 0. The van der Waals surface area contributed by atoms with Crippen LogP contribution in [0.15, 0.2) is 18.5 Å². The first-order chi connectivity index (χ1) is 10.1. The van der Waals surface area contributed by atoms with E-state index in [0.29, 0.717) is 30.5 Å². The van der Waals surface area contributed by atoms with E-state index in [1.54, 1.807) is 0 Å². The summed E-state index contributed by atoms with van der Waals surface area (Å²) in [6.45, 7) is 3.56. The maximum atomic E-state index is 11.2. The second kappa shape index (κ2) is 7.74. The molecule has 2 amide bonds. The molecule has 1 aromatic carbocycles. The Morgan fingerprint density at radius 3 is 2.90 bits per heavy atom. The van der Waals surface area contributed by atoms with Gasteiger partial charge >= 0.3 is 6.03 Å². The van der Waals surface area contributed by atoms with Crippen molar-refractivity contribution in [2.75, 3.05) is 19.7 Å². The number of H-pyrrole nitrogens is 1. The lowest BCUT2D eigenvalue weighted by atomic mass is 10.2. The van der Waals surface area contributed by atoms with Crippen LogP contribution in [0.3, 0.4) is 0 Å². The highest BCUT2D eigenvalue weighted by Crippen LogP contribution is 2.36. The van der Waals surface area contributed by atoms with E-state index in [-0.39, 0.29) is 6.03 Å². The van der Waals surface area contributed by atoms with Crippen LogP contribution in [0.5, 0.6) is 5.75 Å². The first-order valence-electron chi connectivity index (χ1n) is 6.72. The minimum Gasteiger partial charge on any atom is -0.492 e. The summed E-state index contributed by atoms with van der Waals surface area (Å²) in [6, 6.07) is 1.77. The average Bonchev–Trinajstić information content (AvgIpc) is 2.94. The van der Waals surface area contributed by atoms with Gasteiger partial charge in [0, 0.05) is 39.8 Å². The molecule has 0 aliphatic carbocycles. The molecule has 7 heteroatoms. The van der Waals surface area contributed by atoms with E-state index in [1.165, 1.54) is 0 Å². The van der Waals surface area contributed by atoms with Crippen molar-refractivity contribution in [3.05, 3.63) is 27.1 Å². The van der Waals surface area contributed by atoms with Crippen LogP contribution in [0.2, 0.25) is 5.02 Å². The molecule has 0 aliphatic rings. The van der Waals surface area contributed by atoms with Gasteiger partial charge < -0.3 is 20.4 Å². The Hall–Kier alpha value is -1.15. The van der Waals surface area contributed by atoms with Gasteiger partial charge in [-0.3, -0.25) is 0 Å². The summed E-state index contributed by atoms with van der Waals surface area (Å²) in [5, 5.41) is 8.08. The third-order valence-electron chi connectivity index (χ3n) is 2.92. The molecule has 0 fully saturated rings. The first-order valence-corrected chi connectivity index (χ1v) is 8.18. The van der Waals surface area contributed by atoms with Gasteiger partial charge in [0.2, 0.25) is 0 Å². The fourth-order valence-corrected chi connectivity index (χ4v) is 2.91. The predicted molar refractivity (Wildman–Crippen MR) is 93.2 cm³/mol. The lowest BCUT2D eigenvalue weighted by molar-refractivity contribution is 0.239. The van der Waals surface area contributed by atoms with Crippen LogP contribution >= 0.6 is 34.2 Å². The summed E-state index contributed by atoms with van der Waals surface area (Å²) >= 11 is 8.59. The number of aromatic nitrogens is 1. The van der Waals surface area contributed by atoms with Crippen LogP contribution in [0.1, 0.15) is 13.3 Å². The quantitative estimate of drug-likeness (QED) is 0.494. The van der Waals surface area contributed by atoms with Crippen molar-refractivity contribution in [1.82, 2.24) is 15.6 Å². The molecule has 114 valence electrons. The molecule has 0 saturated heterocycles. The number of aromatic amines is 1. The number of ether oxygens (including phenoxy) is 1. The lowest BCUT2D eigenvalue weighted by Gasteiger charge is -2.10. The van der Waals surface area contributed by atoms with Crippen molar-refractivity contribution in [2.24, 2.45) is 0 Å². The molecule has 0 unspecified atom stereocenters. The molecule has 2 aromatic rings. The third kappa shape index (κ3) is 4.16. The molecular formula is C14H17ClIN3O2. The van der Waals surface area contributed by atoms with E-state index in [0.717, 1.165) is 20.8 Å². The fourth-order valence-electron chi connectivity index (χ4n) is 1.92. The number of rotatable bonds is 6. The minimum absolute atomic E-state index is 0.154. The zero-order chi connectivity index (χ0) is 15.2. The van der Waals surface area contributed by atoms with Gasteiger partial charge in [0.05, 0.1) is 11.6 Å². The number of urea groups is 1. The van der Waals surface area contributed by atoms with E-state index in [4.69, 9.17) is 16.3 Å². The van der Waals surface area contributed by atoms with Gasteiger partial charge in [-0.25, -0.2) is 4.79 Å². The van der Waals surface area contributed by atoms with E-state index in [2.05, 4.69) is 38.2 Å². The number of carbonyl (C=O) groups is 1. The smallest absolute Gasteiger partial charge is 0.314 e. The highest BCUT2D eigenvalue weighted by Gasteiger charge is 2.11. The van der Waals surface area contributed by atoms with Gasteiger partial charge in [0.25, 0.3) is 0 Å². The number of hydrogen-bond donors (Lipinski definition) is 3. The van der Waals surface area contributed by atoms with Gasteiger partial charge in [-0.15, -0.1) is 0 Å². The van der Waals surface area contributed by atoms with Crippen molar-refractivity contribution in [3.63, 3.8) is 0 Å². The van der Waals surface area contributed by atoms with Crippen molar-refractivity contribution in [2.45, 2.75) is 13.3 Å². The van der Waals surface area contributed by atoms with Gasteiger partial charge in [0.15, 0.2) is 0 Å². The topological polar surface area (TPSA) is 66.2 Å². The minimum atomic E-state index is -0.154. The summed E-state index contributed by atoms with van der Waals surface area (Å²) in [5.74, 6) is 0.672. The Balaban J connectivity index is 1.86. The highest BCUT2D eigenvalue weighted by atomic mass is 127. The lowest BCUT2D eigenvalue weighted by Crippen LogP contribution is -2.36. The SMILES string of the molecule is CCNC(=O)NCCCOc1cc(I)c2c[nH]cc2c1Cl. The zero-order valence-corrected chi connectivity index (χ0v) is 14.5. The molecule has 0 bridgehead atoms. The molecule has 0 spiro atoms. The third-order valence-corrected chi connectivity index (χ3v) is 4.20. The Labute approximate surface area is 141 Å². The van der Waals surface area contributed by atoms with Crippen LogP contribution in [-0.2, 0) is 0 Å². The van der Waals surface area contributed by atoms with Crippen LogP contribution in [0.4, 0.5) is 4.79 Å². The molecule has 5 nitrogen and oxygen atoms in total. The molecule has 0 saturated carbocycles. The van der Waals surface area contributed by atoms with Crippen molar-refractivity contribution in [3.8, 4) is 5.75 Å². The van der Waals surface area contributed by atoms with Gasteiger partial charge in [-0.2, -0.15) is 0 Å². The largest absolute Gasteiger partial charge is 0.492 e. The van der Waals surface area contributed by atoms with Crippen molar-refractivity contribution in [1.29, 1.82) is 0 Å². The van der Waals surface area contributed by atoms with E-state index >= 15 is 0 Å². The monoisotopic (exact) mass is 421 g/mol. The molecule has 0 aliphatic heterocycles. The maximum Gasteiger partial charge on any atom is 0.314 e. The van der Waals surface area contributed by atoms with Gasteiger partial charge in [0.1, 0.15) is 5.75 Å². The number of benzene rings is 1. The Morgan fingerprint density at radius 2 is 2.14 bits per heavy atom.